The zero-order chi connectivity index (χ0) is 27.6. The lowest BCUT2D eigenvalue weighted by molar-refractivity contribution is -0.124. The second kappa shape index (κ2) is 13.9. The lowest BCUT2D eigenvalue weighted by Crippen LogP contribution is -2.38. The van der Waals surface area contributed by atoms with Crippen LogP contribution in [0.1, 0.15) is 77.3 Å². The summed E-state index contributed by atoms with van der Waals surface area (Å²) >= 11 is 0. The van der Waals surface area contributed by atoms with Crippen LogP contribution in [0.4, 0.5) is 5.69 Å². The summed E-state index contributed by atoms with van der Waals surface area (Å²) in [4.78, 5) is 25.4. The molecule has 0 bridgehead atoms. The minimum atomic E-state index is -0.375. The van der Waals surface area contributed by atoms with Gasteiger partial charge in [0, 0.05) is 42.8 Å². The quantitative estimate of drug-likeness (QED) is 0.307. The summed E-state index contributed by atoms with van der Waals surface area (Å²) in [6.45, 7) is 10.4. The Kier molecular flexibility index (Phi) is 11.3. The molecule has 0 radical (unpaired) electrons. The highest BCUT2D eigenvalue weighted by molar-refractivity contribution is 5.94. The van der Waals surface area contributed by atoms with Crippen molar-refractivity contribution in [3.8, 4) is 17.2 Å². The van der Waals surface area contributed by atoms with Gasteiger partial charge in [-0.1, -0.05) is 59.1 Å². The van der Waals surface area contributed by atoms with Crippen LogP contribution in [0.3, 0.4) is 0 Å². The van der Waals surface area contributed by atoms with Crippen molar-refractivity contribution in [2.75, 3.05) is 26.6 Å². The number of unbranched alkanes of at least 4 members (excludes halogenated alkanes) is 2. The van der Waals surface area contributed by atoms with Gasteiger partial charge in [-0.3, -0.25) is 9.59 Å². The lowest BCUT2D eigenvalue weighted by Gasteiger charge is -2.37. The molecule has 0 fully saturated rings. The third-order valence-corrected chi connectivity index (χ3v) is 6.60. The molecule has 0 heterocycles. The zero-order valence-corrected chi connectivity index (χ0v) is 23.7. The Hall–Kier alpha value is -3.22. The molecule has 2 unspecified atom stereocenters. The number of hydrogen-bond donors (Lipinski definition) is 2. The smallest absolute Gasteiger partial charge is 0.228 e. The number of carbonyl (C=O) groups is 2. The summed E-state index contributed by atoms with van der Waals surface area (Å²) in [5, 5.41) is 5.96. The number of carbonyl (C=O) groups excluding carboxylic acids is 2. The highest BCUT2D eigenvalue weighted by atomic mass is 16.5. The Morgan fingerprint density at radius 3 is 2.11 bits per heavy atom. The van der Waals surface area contributed by atoms with E-state index in [1.807, 2.05) is 36.4 Å². The molecule has 0 aliphatic heterocycles. The largest absolute Gasteiger partial charge is 0.496 e. The number of amides is 2. The first-order valence-electron chi connectivity index (χ1n) is 13.0. The van der Waals surface area contributed by atoms with Gasteiger partial charge in [0.05, 0.1) is 27.2 Å². The van der Waals surface area contributed by atoms with Crippen LogP contribution in [0, 0.1) is 11.3 Å². The first kappa shape index (κ1) is 30.0. The Bertz CT molecular complexity index is 1020. The van der Waals surface area contributed by atoms with Crippen LogP contribution in [-0.4, -0.2) is 33.1 Å². The number of nitrogens with one attached hydrogen (secondary N) is 2. The lowest BCUT2D eigenvalue weighted by atomic mass is 9.68. The molecule has 2 aromatic carbocycles. The van der Waals surface area contributed by atoms with Crippen molar-refractivity contribution in [1.82, 2.24) is 5.32 Å². The van der Waals surface area contributed by atoms with Crippen molar-refractivity contribution < 1.29 is 23.8 Å². The van der Waals surface area contributed by atoms with Crippen molar-refractivity contribution in [3.63, 3.8) is 0 Å². The molecule has 2 atom stereocenters. The van der Waals surface area contributed by atoms with Crippen LogP contribution in [-0.2, 0) is 16.1 Å². The van der Waals surface area contributed by atoms with Crippen LogP contribution in [0.25, 0.3) is 0 Å². The summed E-state index contributed by atoms with van der Waals surface area (Å²) < 4.78 is 17.1. The molecule has 0 aromatic heterocycles. The zero-order valence-electron chi connectivity index (χ0n) is 23.7. The average Bonchev–Trinajstić information content (AvgIpc) is 2.85. The highest BCUT2D eigenvalue weighted by Gasteiger charge is 2.41. The molecule has 7 nitrogen and oxygen atoms in total. The van der Waals surface area contributed by atoms with Crippen molar-refractivity contribution in [3.05, 3.63) is 47.5 Å². The number of ether oxygens (including phenoxy) is 3. The topological polar surface area (TPSA) is 85.9 Å². The minimum Gasteiger partial charge on any atom is -0.496 e. The summed E-state index contributed by atoms with van der Waals surface area (Å²) in [5.41, 5.74) is 2.14. The van der Waals surface area contributed by atoms with Crippen molar-refractivity contribution >= 4 is 17.5 Å². The van der Waals surface area contributed by atoms with Crippen molar-refractivity contribution in [2.24, 2.45) is 11.3 Å². The second-order valence-corrected chi connectivity index (χ2v) is 10.5. The maximum Gasteiger partial charge on any atom is 0.228 e. The van der Waals surface area contributed by atoms with Gasteiger partial charge in [0.15, 0.2) is 0 Å². The molecular formula is C30H44N2O5. The van der Waals surface area contributed by atoms with Gasteiger partial charge in [-0.25, -0.2) is 0 Å². The molecule has 2 N–H and O–H groups in total. The van der Waals surface area contributed by atoms with Gasteiger partial charge in [-0.15, -0.1) is 0 Å². The fourth-order valence-electron chi connectivity index (χ4n) is 4.88. The van der Waals surface area contributed by atoms with Crippen LogP contribution in [0.5, 0.6) is 17.2 Å². The Balaban J connectivity index is 2.54. The van der Waals surface area contributed by atoms with Gasteiger partial charge in [0.1, 0.15) is 17.2 Å². The van der Waals surface area contributed by atoms with Crippen LogP contribution in [0.2, 0.25) is 0 Å². The van der Waals surface area contributed by atoms with Crippen LogP contribution in [0.15, 0.2) is 36.4 Å². The van der Waals surface area contributed by atoms with E-state index in [1.165, 1.54) is 6.92 Å². The molecule has 2 aromatic rings. The van der Waals surface area contributed by atoms with E-state index < -0.39 is 0 Å². The van der Waals surface area contributed by atoms with E-state index in [1.54, 1.807) is 21.3 Å². The Morgan fingerprint density at radius 2 is 1.59 bits per heavy atom. The molecular weight excluding hydrogens is 468 g/mol. The average molecular weight is 513 g/mol. The number of hydrogen-bond acceptors (Lipinski definition) is 5. The van der Waals surface area contributed by atoms with E-state index in [4.69, 9.17) is 14.2 Å². The monoisotopic (exact) mass is 512 g/mol. The van der Waals surface area contributed by atoms with E-state index in [0.29, 0.717) is 29.5 Å². The van der Waals surface area contributed by atoms with Gasteiger partial charge in [0.2, 0.25) is 11.8 Å². The molecule has 0 aliphatic rings. The fraction of sp³-hybridized carbons (Fsp3) is 0.533. The van der Waals surface area contributed by atoms with E-state index in [9.17, 15) is 9.59 Å². The van der Waals surface area contributed by atoms with E-state index in [2.05, 4.69) is 38.3 Å². The number of methoxy groups -OCH3 is 3. The molecule has 0 saturated heterocycles. The molecule has 0 aliphatic carbocycles. The highest BCUT2D eigenvalue weighted by Crippen LogP contribution is 2.49. The summed E-state index contributed by atoms with van der Waals surface area (Å²) in [6.07, 6.45) is 3.94. The number of anilines is 1. The fourth-order valence-corrected chi connectivity index (χ4v) is 4.88. The van der Waals surface area contributed by atoms with E-state index in [-0.39, 0.29) is 29.1 Å². The van der Waals surface area contributed by atoms with Gasteiger partial charge >= 0.3 is 0 Å². The van der Waals surface area contributed by atoms with Crippen molar-refractivity contribution in [1.29, 1.82) is 0 Å². The maximum atomic E-state index is 14.0. The second-order valence-electron chi connectivity index (χ2n) is 10.5. The molecule has 2 amide bonds. The van der Waals surface area contributed by atoms with Gasteiger partial charge in [-0.2, -0.15) is 0 Å². The SMILES string of the molecule is CCCCCC(c1c(OC)cc(OC)cc1OC)C(C(=O)Nc1cccc(CNC(C)=O)c1)C(C)(C)C. The first-order chi connectivity index (χ1) is 17.5. The number of rotatable bonds is 13. The first-order valence-corrected chi connectivity index (χ1v) is 13.0. The van der Waals surface area contributed by atoms with Crippen LogP contribution >= 0.6 is 0 Å². The third-order valence-electron chi connectivity index (χ3n) is 6.60. The van der Waals surface area contributed by atoms with Crippen molar-refractivity contribution in [2.45, 2.75) is 72.8 Å². The third kappa shape index (κ3) is 8.41. The summed E-state index contributed by atoms with van der Waals surface area (Å²) in [7, 11) is 4.87. The van der Waals surface area contributed by atoms with Gasteiger partial charge in [-0.05, 0) is 29.5 Å². The predicted octanol–water partition coefficient (Wildman–Crippen LogP) is 6.31. The Labute approximate surface area is 222 Å². The molecule has 37 heavy (non-hydrogen) atoms. The molecule has 2 rings (SSSR count). The van der Waals surface area contributed by atoms with E-state index >= 15 is 0 Å². The van der Waals surface area contributed by atoms with Gasteiger partial charge < -0.3 is 24.8 Å². The number of benzene rings is 2. The van der Waals surface area contributed by atoms with E-state index in [0.717, 1.165) is 36.8 Å². The predicted molar refractivity (Wildman–Crippen MR) is 149 cm³/mol. The molecule has 7 heteroatoms. The summed E-state index contributed by atoms with van der Waals surface area (Å²) in [5.74, 6) is 1.25. The van der Waals surface area contributed by atoms with Crippen LogP contribution < -0.4 is 24.8 Å². The minimum absolute atomic E-state index is 0.0643. The standard InChI is InChI=1S/C30H44N2O5/c1-9-10-11-15-24(27-25(36-7)17-23(35-6)18-26(27)37-8)28(30(3,4)5)29(34)32-22-14-12-13-21(16-22)19-31-20(2)33/h12-14,16-18,24,28H,9-11,15,19H2,1-8H3,(H,31,33)(H,32,34). The Morgan fingerprint density at radius 1 is 0.946 bits per heavy atom. The molecule has 204 valence electrons. The molecule has 0 spiro atoms. The molecule has 0 saturated carbocycles. The summed E-state index contributed by atoms with van der Waals surface area (Å²) in [6, 6.07) is 11.3. The normalized spacial score (nSPS) is 12.9. The maximum absolute atomic E-state index is 14.0. The van der Waals surface area contributed by atoms with Gasteiger partial charge in [0.25, 0.3) is 0 Å².